The molecule has 0 saturated carbocycles. The van der Waals surface area contributed by atoms with Crippen LogP contribution in [0.3, 0.4) is 0 Å². The zero-order chi connectivity index (χ0) is 21.8. The Kier molecular flexibility index (Phi) is 5.52. The molecule has 0 aliphatic carbocycles. The lowest BCUT2D eigenvalue weighted by atomic mass is 10.1. The van der Waals surface area contributed by atoms with Crippen molar-refractivity contribution in [1.82, 2.24) is 20.1 Å². The first-order chi connectivity index (χ1) is 15.0. The Hall–Kier alpha value is -3.95. The van der Waals surface area contributed by atoms with Gasteiger partial charge in [-0.25, -0.2) is 0 Å². The van der Waals surface area contributed by atoms with Gasteiger partial charge in [-0.05, 0) is 48.0 Å². The Morgan fingerprint density at radius 2 is 1.81 bits per heavy atom. The number of pyridine rings is 2. The van der Waals surface area contributed by atoms with Crippen LogP contribution in [0.1, 0.15) is 11.3 Å². The number of methoxy groups -OCH3 is 1. The molecule has 0 aliphatic heterocycles. The van der Waals surface area contributed by atoms with Crippen molar-refractivity contribution in [3.63, 3.8) is 0 Å². The summed E-state index contributed by atoms with van der Waals surface area (Å²) in [5.74, 6) is 0.701. The lowest BCUT2D eigenvalue weighted by Gasteiger charge is -2.11. The van der Waals surface area contributed by atoms with E-state index in [1.807, 2.05) is 12.1 Å². The van der Waals surface area contributed by atoms with Crippen LogP contribution in [0.15, 0.2) is 65.6 Å². The Morgan fingerprint density at radius 1 is 1.00 bits per heavy atom. The number of benzene rings is 1. The van der Waals surface area contributed by atoms with Gasteiger partial charge in [0.25, 0.3) is 5.89 Å². The number of hydrogen-bond acceptors (Lipinski definition) is 7. The van der Waals surface area contributed by atoms with Crippen molar-refractivity contribution in [3.8, 4) is 34.3 Å². The van der Waals surface area contributed by atoms with Crippen LogP contribution in [0.25, 0.3) is 22.8 Å². The van der Waals surface area contributed by atoms with Crippen LogP contribution >= 0.6 is 0 Å². The van der Waals surface area contributed by atoms with Crippen molar-refractivity contribution < 1.29 is 27.2 Å². The highest BCUT2D eigenvalue weighted by Crippen LogP contribution is 2.36. The molecule has 0 atom stereocenters. The SMILES string of the molecule is COc1ccc(-c2nc(-c3cccnc3C(F)(F)F)no2)cc1OCc1ccncc1. The van der Waals surface area contributed by atoms with Crippen molar-refractivity contribution in [2.24, 2.45) is 0 Å². The number of hydrogen-bond donors (Lipinski definition) is 0. The molecule has 0 unspecified atom stereocenters. The number of alkyl halides is 3. The molecule has 3 heterocycles. The predicted octanol–water partition coefficient (Wildman–Crippen LogP) is 4.80. The van der Waals surface area contributed by atoms with Crippen molar-refractivity contribution >= 4 is 0 Å². The normalized spacial score (nSPS) is 11.4. The maximum Gasteiger partial charge on any atom is 0.434 e. The molecule has 0 bridgehead atoms. The van der Waals surface area contributed by atoms with E-state index in [-0.39, 0.29) is 23.9 Å². The van der Waals surface area contributed by atoms with Gasteiger partial charge in [-0.3, -0.25) is 9.97 Å². The van der Waals surface area contributed by atoms with Gasteiger partial charge < -0.3 is 14.0 Å². The van der Waals surface area contributed by atoms with E-state index in [4.69, 9.17) is 14.0 Å². The van der Waals surface area contributed by atoms with Gasteiger partial charge in [0.05, 0.1) is 12.7 Å². The van der Waals surface area contributed by atoms with Crippen LogP contribution in [0.5, 0.6) is 11.5 Å². The summed E-state index contributed by atoms with van der Waals surface area (Å²) in [6, 6.07) is 11.1. The summed E-state index contributed by atoms with van der Waals surface area (Å²) in [7, 11) is 1.50. The maximum atomic E-state index is 13.2. The summed E-state index contributed by atoms with van der Waals surface area (Å²) in [5, 5.41) is 3.70. The van der Waals surface area contributed by atoms with E-state index in [1.54, 1.807) is 30.6 Å². The van der Waals surface area contributed by atoms with E-state index in [1.165, 1.54) is 19.2 Å². The molecule has 10 heteroatoms. The van der Waals surface area contributed by atoms with Gasteiger partial charge in [0.2, 0.25) is 5.82 Å². The second kappa shape index (κ2) is 8.42. The number of aromatic nitrogens is 4. The molecule has 0 radical (unpaired) electrons. The van der Waals surface area contributed by atoms with Gasteiger partial charge in [0.15, 0.2) is 17.2 Å². The van der Waals surface area contributed by atoms with Crippen molar-refractivity contribution in [2.75, 3.05) is 7.11 Å². The van der Waals surface area contributed by atoms with E-state index in [2.05, 4.69) is 20.1 Å². The summed E-state index contributed by atoms with van der Waals surface area (Å²) in [5.41, 5.74) is 0.00615. The molecule has 4 aromatic rings. The smallest absolute Gasteiger partial charge is 0.434 e. The van der Waals surface area contributed by atoms with Gasteiger partial charge in [-0.2, -0.15) is 18.2 Å². The monoisotopic (exact) mass is 428 g/mol. The highest BCUT2D eigenvalue weighted by molar-refractivity contribution is 5.64. The van der Waals surface area contributed by atoms with Crippen molar-refractivity contribution in [2.45, 2.75) is 12.8 Å². The van der Waals surface area contributed by atoms with Crippen LogP contribution in [0.2, 0.25) is 0 Å². The van der Waals surface area contributed by atoms with E-state index in [0.29, 0.717) is 17.1 Å². The molecule has 1 aromatic carbocycles. The quantitative estimate of drug-likeness (QED) is 0.436. The lowest BCUT2D eigenvalue weighted by Crippen LogP contribution is -2.10. The van der Waals surface area contributed by atoms with Gasteiger partial charge in [-0.1, -0.05) is 5.16 Å². The molecule has 0 saturated heterocycles. The summed E-state index contributed by atoms with van der Waals surface area (Å²) >= 11 is 0. The first-order valence-electron chi connectivity index (χ1n) is 9.02. The van der Waals surface area contributed by atoms with E-state index in [9.17, 15) is 13.2 Å². The molecule has 7 nitrogen and oxygen atoms in total. The number of ether oxygens (including phenoxy) is 2. The summed E-state index contributed by atoms with van der Waals surface area (Å²) in [4.78, 5) is 11.5. The standard InChI is InChI=1S/C21H15F3N4O3/c1-29-16-5-4-14(11-17(16)30-12-13-6-9-25-10-7-13)20-27-19(28-31-20)15-3-2-8-26-18(15)21(22,23)24/h2-11H,12H2,1H3. The summed E-state index contributed by atoms with van der Waals surface area (Å²) in [6.07, 6.45) is -0.283. The highest BCUT2D eigenvalue weighted by Gasteiger charge is 2.36. The van der Waals surface area contributed by atoms with Gasteiger partial charge in [0.1, 0.15) is 6.61 Å². The summed E-state index contributed by atoms with van der Waals surface area (Å²) in [6.45, 7) is 0.266. The Balaban J connectivity index is 1.64. The highest BCUT2D eigenvalue weighted by atomic mass is 19.4. The molecular formula is C21H15F3N4O3. The van der Waals surface area contributed by atoms with Crippen LogP contribution in [-0.4, -0.2) is 27.2 Å². The molecule has 0 amide bonds. The van der Waals surface area contributed by atoms with Gasteiger partial charge >= 0.3 is 6.18 Å². The molecule has 4 rings (SSSR count). The Labute approximate surface area is 174 Å². The number of nitrogens with zero attached hydrogens (tertiary/aromatic N) is 4. The zero-order valence-corrected chi connectivity index (χ0v) is 16.1. The molecule has 0 N–H and O–H groups in total. The largest absolute Gasteiger partial charge is 0.493 e. The minimum Gasteiger partial charge on any atom is -0.493 e. The van der Waals surface area contributed by atoms with Crippen molar-refractivity contribution in [1.29, 1.82) is 0 Å². The van der Waals surface area contributed by atoms with Crippen LogP contribution in [-0.2, 0) is 12.8 Å². The van der Waals surface area contributed by atoms with Crippen LogP contribution in [0, 0.1) is 0 Å². The van der Waals surface area contributed by atoms with Crippen LogP contribution < -0.4 is 9.47 Å². The fraction of sp³-hybridized carbons (Fsp3) is 0.143. The maximum absolute atomic E-state index is 13.2. The molecule has 0 aliphatic rings. The molecule has 31 heavy (non-hydrogen) atoms. The van der Waals surface area contributed by atoms with E-state index in [0.717, 1.165) is 11.8 Å². The van der Waals surface area contributed by atoms with Crippen LogP contribution in [0.4, 0.5) is 13.2 Å². The molecule has 158 valence electrons. The average molecular weight is 428 g/mol. The second-order valence-corrected chi connectivity index (χ2v) is 6.33. The first kappa shape index (κ1) is 20.3. The number of rotatable bonds is 6. The topological polar surface area (TPSA) is 83.2 Å². The average Bonchev–Trinajstić information content (AvgIpc) is 3.28. The van der Waals surface area contributed by atoms with Crippen molar-refractivity contribution in [3.05, 3.63) is 72.3 Å². The van der Waals surface area contributed by atoms with Gasteiger partial charge in [-0.15, -0.1) is 0 Å². The predicted molar refractivity (Wildman–Crippen MR) is 103 cm³/mol. The minimum atomic E-state index is -4.65. The fourth-order valence-electron chi connectivity index (χ4n) is 2.82. The molecule has 0 spiro atoms. The zero-order valence-electron chi connectivity index (χ0n) is 16.1. The molecular weight excluding hydrogens is 413 g/mol. The Morgan fingerprint density at radius 3 is 2.55 bits per heavy atom. The third-order valence-electron chi connectivity index (χ3n) is 4.30. The summed E-state index contributed by atoms with van der Waals surface area (Å²) < 4.78 is 56.1. The van der Waals surface area contributed by atoms with E-state index >= 15 is 0 Å². The first-order valence-corrected chi connectivity index (χ1v) is 9.02. The molecule has 3 aromatic heterocycles. The minimum absolute atomic E-state index is 0.0309. The third kappa shape index (κ3) is 4.47. The van der Waals surface area contributed by atoms with Gasteiger partial charge in [0, 0.05) is 24.2 Å². The third-order valence-corrected chi connectivity index (χ3v) is 4.30. The Bertz CT molecular complexity index is 1180. The second-order valence-electron chi connectivity index (χ2n) is 6.33. The molecule has 0 fully saturated rings. The fourth-order valence-corrected chi connectivity index (χ4v) is 2.82. The van der Waals surface area contributed by atoms with E-state index < -0.39 is 11.9 Å². The lowest BCUT2D eigenvalue weighted by molar-refractivity contribution is -0.140. The number of halogens is 3.